The number of ether oxygens (including phenoxy) is 1. The second kappa shape index (κ2) is 7.32. The van der Waals surface area contributed by atoms with E-state index in [2.05, 4.69) is 5.32 Å². The number of carbonyl (C=O) groups is 1. The van der Waals surface area contributed by atoms with Gasteiger partial charge in [0.05, 0.1) is 6.04 Å². The van der Waals surface area contributed by atoms with E-state index in [1.165, 1.54) is 5.56 Å². The summed E-state index contributed by atoms with van der Waals surface area (Å²) in [6.45, 7) is 5.92. The van der Waals surface area contributed by atoms with Gasteiger partial charge in [0, 0.05) is 5.02 Å². The zero-order valence-electron chi connectivity index (χ0n) is 13.0. The Morgan fingerprint density at radius 1 is 1.18 bits per heavy atom. The Morgan fingerprint density at radius 3 is 2.50 bits per heavy atom. The molecule has 0 bridgehead atoms. The molecule has 0 saturated heterocycles. The van der Waals surface area contributed by atoms with Crippen molar-refractivity contribution in [1.82, 2.24) is 5.32 Å². The van der Waals surface area contributed by atoms with Crippen LogP contribution in [0.15, 0.2) is 42.5 Å². The number of amides is 1. The van der Waals surface area contributed by atoms with Gasteiger partial charge in [-0.1, -0.05) is 41.4 Å². The Labute approximate surface area is 136 Å². The van der Waals surface area contributed by atoms with Crippen LogP contribution >= 0.6 is 11.6 Å². The number of rotatable bonds is 5. The Morgan fingerprint density at radius 2 is 1.86 bits per heavy atom. The van der Waals surface area contributed by atoms with Gasteiger partial charge in [0.15, 0.2) is 6.61 Å². The number of hydrogen-bond acceptors (Lipinski definition) is 2. The van der Waals surface area contributed by atoms with Gasteiger partial charge in [0.25, 0.3) is 5.91 Å². The monoisotopic (exact) mass is 317 g/mol. The van der Waals surface area contributed by atoms with Crippen LogP contribution in [0.25, 0.3) is 0 Å². The van der Waals surface area contributed by atoms with Crippen LogP contribution < -0.4 is 10.1 Å². The number of aryl methyl sites for hydroxylation is 2. The molecule has 0 radical (unpaired) electrons. The lowest BCUT2D eigenvalue weighted by Crippen LogP contribution is -2.31. The molecule has 3 nitrogen and oxygen atoms in total. The highest BCUT2D eigenvalue weighted by Gasteiger charge is 2.10. The van der Waals surface area contributed by atoms with E-state index in [9.17, 15) is 4.79 Å². The van der Waals surface area contributed by atoms with Crippen LogP contribution in [0.1, 0.15) is 29.7 Å². The predicted molar refractivity (Wildman–Crippen MR) is 89.4 cm³/mol. The molecule has 1 amide bonds. The molecule has 0 heterocycles. The van der Waals surface area contributed by atoms with Gasteiger partial charge in [-0.05, 0) is 50.1 Å². The second-order valence-corrected chi connectivity index (χ2v) is 5.83. The average Bonchev–Trinajstić information content (AvgIpc) is 2.47. The molecule has 0 saturated carbocycles. The highest BCUT2D eigenvalue weighted by molar-refractivity contribution is 6.30. The molecular formula is C18H20ClNO2. The van der Waals surface area contributed by atoms with Crippen molar-refractivity contribution in [2.24, 2.45) is 0 Å². The van der Waals surface area contributed by atoms with Crippen molar-refractivity contribution >= 4 is 17.5 Å². The summed E-state index contributed by atoms with van der Waals surface area (Å²) in [5.41, 5.74) is 3.20. The lowest BCUT2D eigenvalue weighted by molar-refractivity contribution is -0.123. The van der Waals surface area contributed by atoms with E-state index in [1.54, 1.807) is 0 Å². The first kappa shape index (κ1) is 16.4. The SMILES string of the molecule is Cc1ccc(OCC(=O)NC(C)c2ccc(Cl)cc2)c(C)c1. The number of nitrogens with one attached hydrogen (secondary N) is 1. The standard InChI is InChI=1S/C18H20ClNO2/c1-12-4-9-17(13(2)10-12)22-11-18(21)20-14(3)15-5-7-16(19)8-6-15/h4-10,14H,11H2,1-3H3,(H,20,21). The minimum atomic E-state index is -0.151. The summed E-state index contributed by atoms with van der Waals surface area (Å²) in [6.07, 6.45) is 0. The highest BCUT2D eigenvalue weighted by atomic mass is 35.5. The number of hydrogen-bond donors (Lipinski definition) is 1. The summed E-state index contributed by atoms with van der Waals surface area (Å²) in [7, 11) is 0. The third-order valence-electron chi connectivity index (χ3n) is 3.44. The maximum Gasteiger partial charge on any atom is 0.258 e. The molecule has 0 aliphatic carbocycles. The fourth-order valence-electron chi connectivity index (χ4n) is 2.22. The average molecular weight is 318 g/mol. The summed E-state index contributed by atoms with van der Waals surface area (Å²) in [5.74, 6) is 0.585. The van der Waals surface area contributed by atoms with Crippen LogP contribution in [0.5, 0.6) is 5.75 Å². The van der Waals surface area contributed by atoms with Gasteiger partial charge < -0.3 is 10.1 Å². The Hall–Kier alpha value is -2.00. The molecule has 1 N–H and O–H groups in total. The van der Waals surface area contributed by atoms with Crippen LogP contribution in [0.2, 0.25) is 5.02 Å². The largest absolute Gasteiger partial charge is 0.484 e. The maximum absolute atomic E-state index is 12.0. The fraction of sp³-hybridized carbons (Fsp3) is 0.278. The van der Waals surface area contributed by atoms with Gasteiger partial charge >= 0.3 is 0 Å². The van der Waals surface area contributed by atoms with Crippen LogP contribution in [-0.4, -0.2) is 12.5 Å². The van der Waals surface area contributed by atoms with E-state index in [0.29, 0.717) is 5.02 Å². The van der Waals surface area contributed by atoms with Crippen molar-refractivity contribution < 1.29 is 9.53 Å². The first-order chi connectivity index (χ1) is 10.5. The van der Waals surface area contributed by atoms with Crippen LogP contribution in [-0.2, 0) is 4.79 Å². The Balaban J connectivity index is 1.88. The van der Waals surface area contributed by atoms with Crippen LogP contribution in [0.3, 0.4) is 0 Å². The van der Waals surface area contributed by atoms with Crippen molar-refractivity contribution in [3.05, 3.63) is 64.2 Å². The molecule has 116 valence electrons. The summed E-state index contributed by atoms with van der Waals surface area (Å²) in [5, 5.41) is 3.59. The van der Waals surface area contributed by atoms with Gasteiger partial charge in [0.2, 0.25) is 0 Å². The molecule has 4 heteroatoms. The lowest BCUT2D eigenvalue weighted by atomic mass is 10.1. The first-order valence-corrected chi connectivity index (χ1v) is 7.58. The summed E-state index contributed by atoms with van der Waals surface area (Å²) < 4.78 is 5.58. The van der Waals surface area contributed by atoms with E-state index >= 15 is 0 Å². The number of halogens is 1. The van der Waals surface area contributed by atoms with E-state index in [-0.39, 0.29) is 18.6 Å². The zero-order valence-corrected chi connectivity index (χ0v) is 13.8. The van der Waals surface area contributed by atoms with Gasteiger partial charge in [-0.3, -0.25) is 4.79 Å². The third kappa shape index (κ3) is 4.50. The van der Waals surface area contributed by atoms with Crippen molar-refractivity contribution in [3.63, 3.8) is 0 Å². The number of benzene rings is 2. The topological polar surface area (TPSA) is 38.3 Å². The van der Waals surface area contributed by atoms with Crippen molar-refractivity contribution in [2.75, 3.05) is 6.61 Å². The van der Waals surface area contributed by atoms with Crippen molar-refractivity contribution in [2.45, 2.75) is 26.8 Å². The van der Waals surface area contributed by atoms with Gasteiger partial charge in [-0.2, -0.15) is 0 Å². The Bertz CT molecular complexity index is 653. The first-order valence-electron chi connectivity index (χ1n) is 7.20. The fourth-order valence-corrected chi connectivity index (χ4v) is 2.35. The molecule has 0 spiro atoms. The molecule has 22 heavy (non-hydrogen) atoms. The lowest BCUT2D eigenvalue weighted by Gasteiger charge is -2.15. The van der Waals surface area contributed by atoms with Crippen molar-refractivity contribution in [3.8, 4) is 5.75 Å². The molecule has 0 aliphatic rings. The minimum absolute atomic E-state index is 0.00182. The third-order valence-corrected chi connectivity index (χ3v) is 3.69. The molecule has 2 rings (SSSR count). The summed E-state index contributed by atoms with van der Waals surface area (Å²) >= 11 is 5.86. The molecular weight excluding hydrogens is 298 g/mol. The molecule has 2 aromatic rings. The molecule has 1 unspecified atom stereocenters. The van der Waals surface area contributed by atoms with E-state index < -0.39 is 0 Å². The van der Waals surface area contributed by atoms with Gasteiger partial charge in [0.1, 0.15) is 5.75 Å². The predicted octanol–water partition coefficient (Wildman–Crippen LogP) is 4.21. The van der Waals surface area contributed by atoms with Gasteiger partial charge in [-0.15, -0.1) is 0 Å². The molecule has 0 aromatic heterocycles. The molecule has 0 fully saturated rings. The molecule has 1 atom stereocenters. The molecule has 0 aliphatic heterocycles. The summed E-state index contributed by atoms with van der Waals surface area (Å²) in [6, 6.07) is 13.2. The number of carbonyl (C=O) groups excluding carboxylic acids is 1. The van der Waals surface area contributed by atoms with Crippen molar-refractivity contribution in [1.29, 1.82) is 0 Å². The maximum atomic E-state index is 12.0. The minimum Gasteiger partial charge on any atom is -0.484 e. The van der Waals surface area contributed by atoms with E-state index in [1.807, 2.05) is 63.2 Å². The quantitative estimate of drug-likeness (QED) is 0.897. The van der Waals surface area contributed by atoms with Gasteiger partial charge in [-0.25, -0.2) is 0 Å². The normalized spacial score (nSPS) is 11.8. The highest BCUT2D eigenvalue weighted by Crippen LogP contribution is 2.19. The van der Waals surface area contributed by atoms with E-state index in [4.69, 9.17) is 16.3 Å². The van der Waals surface area contributed by atoms with Crippen LogP contribution in [0.4, 0.5) is 0 Å². The van der Waals surface area contributed by atoms with E-state index in [0.717, 1.165) is 16.9 Å². The Kier molecular flexibility index (Phi) is 5.45. The summed E-state index contributed by atoms with van der Waals surface area (Å²) in [4.78, 5) is 12.0. The molecule has 2 aromatic carbocycles. The smallest absolute Gasteiger partial charge is 0.258 e. The van der Waals surface area contributed by atoms with Crippen LogP contribution in [0, 0.1) is 13.8 Å². The second-order valence-electron chi connectivity index (χ2n) is 5.40. The zero-order chi connectivity index (χ0) is 16.1.